The molecule has 0 unspecified atom stereocenters. The second-order valence-electron chi connectivity index (χ2n) is 5.08. The molecule has 5 nitrogen and oxygen atoms in total. The minimum atomic E-state index is -0.572. The smallest absolute Gasteiger partial charge is 0.338 e. The molecule has 0 atom stereocenters. The lowest BCUT2D eigenvalue weighted by Gasteiger charge is -2.06. The van der Waals surface area contributed by atoms with Crippen LogP contribution in [-0.2, 0) is 9.53 Å². The summed E-state index contributed by atoms with van der Waals surface area (Å²) in [7, 11) is 0. The summed E-state index contributed by atoms with van der Waals surface area (Å²) in [5.41, 5.74) is 1.51. The normalized spacial score (nSPS) is 10.2. The van der Waals surface area contributed by atoms with Gasteiger partial charge in [-0.2, -0.15) is 0 Å². The predicted octanol–water partition coefficient (Wildman–Crippen LogP) is 3.36. The van der Waals surface area contributed by atoms with Crippen LogP contribution in [0.5, 0.6) is 0 Å². The zero-order valence-corrected chi connectivity index (χ0v) is 14.0. The van der Waals surface area contributed by atoms with Crippen LogP contribution in [0.4, 0.5) is 5.69 Å². The maximum atomic E-state index is 12.1. The molecule has 1 aromatic carbocycles. The number of rotatable bonds is 5. The average Bonchev–Trinajstić information content (AvgIpc) is 2.83. The van der Waals surface area contributed by atoms with E-state index < -0.39 is 5.97 Å². The number of ether oxygens (including phenoxy) is 1. The highest BCUT2D eigenvalue weighted by Crippen LogP contribution is 2.21. The van der Waals surface area contributed by atoms with E-state index in [1.807, 2.05) is 13.8 Å². The third-order valence-corrected chi connectivity index (χ3v) is 4.08. The van der Waals surface area contributed by atoms with Crippen molar-refractivity contribution in [3.8, 4) is 0 Å². The lowest BCUT2D eigenvalue weighted by molar-refractivity contribution is -0.114. The summed E-state index contributed by atoms with van der Waals surface area (Å²) in [5.74, 6) is -0.972. The number of hydrogen-bond acceptors (Lipinski definition) is 5. The maximum Gasteiger partial charge on any atom is 0.338 e. The van der Waals surface area contributed by atoms with Crippen molar-refractivity contribution in [3.05, 3.63) is 51.2 Å². The van der Waals surface area contributed by atoms with E-state index in [0.717, 1.165) is 9.75 Å². The summed E-state index contributed by atoms with van der Waals surface area (Å²) in [6, 6.07) is 8.09. The third kappa shape index (κ3) is 4.50. The van der Waals surface area contributed by atoms with Gasteiger partial charge in [-0.15, -0.1) is 11.3 Å². The van der Waals surface area contributed by atoms with Gasteiger partial charge in [0.1, 0.15) is 0 Å². The van der Waals surface area contributed by atoms with E-state index >= 15 is 0 Å². The summed E-state index contributed by atoms with van der Waals surface area (Å²) in [5, 5.41) is 2.61. The summed E-state index contributed by atoms with van der Waals surface area (Å²) in [4.78, 5) is 36.9. The molecule has 23 heavy (non-hydrogen) atoms. The Morgan fingerprint density at radius 3 is 2.30 bits per heavy atom. The van der Waals surface area contributed by atoms with Crippen molar-refractivity contribution in [2.45, 2.75) is 20.8 Å². The monoisotopic (exact) mass is 331 g/mol. The van der Waals surface area contributed by atoms with Crippen LogP contribution in [0.2, 0.25) is 0 Å². The zero-order chi connectivity index (χ0) is 17.0. The molecule has 1 heterocycles. The number of anilines is 1. The summed E-state index contributed by atoms with van der Waals surface area (Å²) in [6.07, 6.45) is 0. The van der Waals surface area contributed by atoms with E-state index in [9.17, 15) is 14.4 Å². The van der Waals surface area contributed by atoms with Gasteiger partial charge in [-0.25, -0.2) is 4.79 Å². The zero-order valence-electron chi connectivity index (χ0n) is 13.1. The van der Waals surface area contributed by atoms with Gasteiger partial charge in [0, 0.05) is 27.9 Å². The number of nitrogens with one attached hydrogen (secondary N) is 1. The molecule has 0 aliphatic heterocycles. The van der Waals surface area contributed by atoms with Crippen molar-refractivity contribution in [2.24, 2.45) is 0 Å². The molecule has 1 aromatic heterocycles. The first-order valence-corrected chi connectivity index (χ1v) is 7.83. The van der Waals surface area contributed by atoms with Crippen molar-refractivity contribution < 1.29 is 19.1 Å². The summed E-state index contributed by atoms with van der Waals surface area (Å²) >= 11 is 1.54. The fraction of sp³-hybridized carbons (Fsp3) is 0.235. The molecule has 0 saturated heterocycles. The highest BCUT2D eigenvalue weighted by atomic mass is 32.1. The van der Waals surface area contributed by atoms with Crippen molar-refractivity contribution >= 4 is 34.7 Å². The topological polar surface area (TPSA) is 72.5 Å². The predicted molar refractivity (Wildman–Crippen MR) is 89.2 cm³/mol. The summed E-state index contributed by atoms with van der Waals surface area (Å²) < 4.78 is 5.06. The number of Topliss-reactive ketones (excluding diaryl/α,β-unsaturated/α-hetero) is 1. The van der Waals surface area contributed by atoms with Gasteiger partial charge in [-0.1, -0.05) is 0 Å². The summed E-state index contributed by atoms with van der Waals surface area (Å²) in [6.45, 7) is 4.91. The van der Waals surface area contributed by atoms with Gasteiger partial charge in [0.05, 0.1) is 5.56 Å². The standard InChI is InChI=1S/C17H17NO4S/c1-10-8-15(11(2)23-10)16(20)9-22-17(21)13-4-6-14(7-5-13)18-12(3)19/h4-8H,9H2,1-3H3,(H,18,19). The Morgan fingerprint density at radius 1 is 1.13 bits per heavy atom. The number of aryl methyl sites for hydroxylation is 2. The largest absolute Gasteiger partial charge is 0.454 e. The minimum absolute atomic E-state index is 0.188. The Hall–Kier alpha value is -2.47. The number of amides is 1. The Bertz CT molecular complexity index is 746. The van der Waals surface area contributed by atoms with Crippen LogP contribution in [0.1, 0.15) is 37.4 Å². The molecule has 2 aromatic rings. The van der Waals surface area contributed by atoms with Gasteiger partial charge >= 0.3 is 5.97 Å². The number of carbonyl (C=O) groups excluding carboxylic acids is 3. The van der Waals surface area contributed by atoms with Crippen molar-refractivity contribution in [3.63, 3.8) is 0 Å². The minimum Gasteiger partial charge on any atom is -0.454 e. The number of carbonyl (C=O) groups is 3. The second-order valence-corrected chi connectivity index (χ2v) is 6.55. The van der Waals surface area contributed by atoms with Crippen LogP contribution in [0.15, 0.2) is 30.3 Å². The molecule has 2 rings (SSSR count). The van der Waals surface area contributed by atoms with E-state index in [0.29, 0.717) is 16.8 Å². The van der Waals surface area contributed by atoms with Gasteiger partial charge in [-0.3, -0.25) is 9.59 Å². The van der Waals surface area contributed by atoms with Crippen LogP contribution in [0.25, 0.3) is 0 Å². The number of ketones is 1. The van der Waals surface area contributed by atoms with Crippen LogP contribution in [-0.4, -0.2) is 24.3 Å². The molecule has 0 radical (unpaired) electrons. The fourth-order valence-corrected chi connectivity index (χ4v) is 3.04. The van der Waals surface area contributed by atoms with Crippen molar-refractivity contribution in [2.75, 3.05) is 11.9 Å². The Labute approximate surface area is 138 Å². The maximum absolute atomic E-state index is 12.1. The molecule has 120 valence electrons. The molecule has 0 bridgehead atoms. The lowest BCUT2D eigenvalue weighted by Crippen LogP contribution is -2.14. The van der Waals surface area contributed by atoms with E-state index in [1.165, 1.54) is 30.4 Å². The number of esters is 1. The Balaban J connectivity index is 1.95. The van der Waals surface area contributed by atoms with Gasteiger partial charge in [-0.05, 0) is 44.2 Å². The molecule has 0 aliphatic rings. The molecule has 0 saturated carbocycles. The molecule has 6 heteroatoms. The quantitative estimate of drug-likeness (QED) is 0.673. The molecule has 1 amide bonds. The molecule has 1 N–H and O–H groups in total. The highest BCUT2D eigenvalue weighted by molar-refractivity contribution is 7.12. The average molecular weight is 331 g/mol. The highest BCUT2D eigenvalue weighted by Gasteiger charge is 2.15. The molecular formula is C17H17NO4S. The SMILES string of the molecule is CC(=O)Nc1ccc(C(=O)OCC(=O)c2cc(C)sc2C)cc1. The number of benzene rings is 1. The van der Waals surface area contributed by atoms with E-state index in [4.69, 9.17) is 4.74 Å². The Kier molecular flexibility index (Phi) is 5.28. The van der Waals surface area contributed by atoms with Gasteiger partial charge in [0.2, 0.25) is 11.7 Å². The van der Waals surface area contributed by atoms with E-state index in [-0.39, 0.29) is 18.3 Å². The number of thiophene rings is 1. The van der Waals surface area contributed by atoms with E-state index in [1.54, 1.807) is 18.2 Å². The second kappa shape index (κ2) is 7.19. The van der Waals surface area contributed by atoms with Crippen molar-refractivity contribution in [1.29, 1.82) is 0 Å². The molecule has 0 fully saturated rings. The number of hydrogen-bond donors (Lipinski definition) is 1. The van der Waals surface area contributed by atoms with Crippen LogP contribution in [0.3, 0.4) is 0 Å². The van der Waals surface area contributed by atoms with Crippen LogP contribution >= 0.6 is 11.3 Å². The first-order valence-electron chi connectivity index (χ1n) is 7.02. The first-order chi connectivity index (χ1) is 10.9. The van der Waals surface area contributed by atoms with Gasteiger partial charge in [0.15, 0.2) is 6.61 Å². The lowest BCUT2D eigenvalue weighted by atomic mass is 10.1. The molecule has 0 spiro atoms. The molecular weight excluding hydrogens is 314 g/mol. The van der Waals surface area contributed by atoms with Gasteiger partial charge in [0.25, 0.3) is 0 Å². The van der Waals surface area contributed by atoms with Crippen LogP contribution < -0.4 is 5.32 Å². The van der Waals surface area contributed by atoms with Crippen molar-refractivity contribution in [1.82, 2.24) is 0 Å². The third-order valence-electron chi connectivity index (χ3n) is 3.12. The molecule has 0 aliphatic carbocycles. The van der Waals surface area contributed by atoms with Gasteiger partial charge < -0.3 is 10.1 Å². The fourth-order valence-electron chi connectivity index (χ4n) is 2.09. The van der Waals surface area contributed by atoms with Crippen LogP contribution in [0, 0.1) is 13.8 Å². The van der Waals surface area contributed by atoms with E-state index in [2.05, 4.69) is 5.32 Å². The Morgan fingerprint density at radius 2 is 1.78 bits per heavy atom. The first kappa shape index (κ1) is 16.9.